The number of carbonyl (C=O) groups excluding carboxylic acids is 1. The van der Waals surface area contributed by atoms with Crippen LogP contribution in [0.25, 0.3) is 0 Å². The molecule has 0 unspecified atom stereocenters. The first-order valence-corrected chi connectivity index (χ1v) is 11.6. The Hall–Kier alpha value is -0.940. The number of thiazole rings is 1. The van der Waals surface area contributed by atoms with Crippen LogP contribution in [0.3, 0.4) is 0 Å². The van der Waals surface area contributed by atoms with E-state index < -0.39 is 0 Å². The van der Waals surface area contributed by atoms with Crippen molar-refractivity contribution in [3.63, 3.8) is 0 Å². The quantitative estimate of drug-likeness (QED) is 0.264. The molecule has 1 aromatic rings. The molecular weight excluding hydrogens is 511 g/mol. The third-order valence-corrected chi connectivity index (χ3v) is 5.95. The first kappa shape index (κ1) is 27.1. The van der Waals surface area contributed by atoms with Gasteiger partial charge in [0.2, 0.25) is 5.91 Å². The zero-order valence-electron chi connectivity index (χ0n) is 19.1. The maximum absolute atomic E-state index is 11.9. The van der Waals surface area contributed by atoms with Gasteiger partial charge in [0.05, 0.1) is 17.2 Å². The standard InChI is InChI=1S/C21H38N6OS.HI/c1-6-10-23-18(28)14-27-12-8-16(9-13-27)25-20(22-5)24-11-7-19-26-17(15-29-19)21(2,3)4;/h15-16H,6-14H2,1-5H3,(H,23,28)(H2,22,24,25);1H. The van der Waals surface area contributed by atoms with Crippen molar-refractivity contribution < 1.29 is 4.79 Å². The highest BCUT2D eigenvalue weighted by atomic mass is 127. The van der Waals surface area contributed by atoms with Crippen molar-refractivity contribution in [2.75, 3.05) is 39.8 Å². The van der Waals surface area contributed by atoms with Crippen molar-refractivity contribution in [2.45, 2.75) is 64.8 Å². The second kappa shape index (κ2) is 13.5. The summed E-state index contributed by atoms with van der Waals surface area (Å²) in [5.41, 5.74) is 1.26. The maximum Gasteiger partial charge on any atom is 0.234 e. The fourth-order valence-electron chi connectivity index (χ4n) is 3.20. The molecule has 0 aromatic carbocycles. The van der Waals surface area contributed by atoms with Crippen LogP contribution in [-0.2, 0) is 16.6 Å². The number of carbonyl (C=O) groups is 1. The van der Waals surface area contributed by atoms with E-state index in [0.717, 1.165) is 68.5 Å². The lowest BCUT2D eigenvalue weighted by molar-refractivity contribution is -0.122. The molecule has 0 spiro atoms. The van der Waals surface area contributed by atoms with Crippen molar-refractivity contribution in [1.82, 2.24) is 25.8 Å². The maximum atomic E-state index is 11.9. The minimum absolute atomic E-state index is 0. The Balaban J connectivity index is 0.00000450. The summed E-state index contributed by atoms with van der Waals surface area (Å²) in [6.07, 6.45) is 3.91. The van der Waals surface area contributed by atoms with Crippen LogP contribution >= 0.6 is 35.3 Å². The van der Waals surface area contributed by atoms with Crippen LogP contribution < -0.4 is 16.0 Å². The number of hydrogen-bond acceptors (Lipinski definition) is 5. The van der Waals surface area contributed by atoms with E-state index in [0.29, 0.717) is 12.6 Å². The van der Waals surface area contributed by atoms with E-state index in [1.54, 1.807) is 11.3 Å². The number of rotatable bonds is 8. The van der Waals surface area contributed by atoms with E-state index in [4.69, 9.17) is 4.98 Å². The van der Waals surface area contributed by atoms with Crippen molar-refractivity contribution in [1.29, 1.82) is 0 Å². The average molecular weight is 551 g/mol. The summed E-state index contributed by atoms with van der Waals surface area (Å²) in [6, 6.07) is 0.392. The Morgan fingerprint density at radius 1 is 1.27 bits per heavy atom. The second-order valence-electron chi connectivity index (χ2n) is 8.67. The van der Waals surface area contributed by atoms with Crippen molar-refractivity contribution in [3.05, 3.63) is 16.1 Å². The highest BCUT2D eigenvalue weighted by Crippen LogP contribution is 2.23. The van der Waals surface area contributed by atoms with Gasteiger partial charge in [0, 0.05) is 56.5 Å². The SMILES string of the molecule is CCCNC(=O)CN1CCC(NC(=NC)NCCc2nc(C(C)(C)C)cs2)CC1.I. The Morgan fingerprint density at radius 3 is 2.53 bits per heavy atom. The smallest absolute Gasteiger partial charge is 0.234 e. The minimum atomic E-state index is 0. The minimum Gasteiger partial charge on any atom is -0.356 e. The van der Waals surface area contributed by atoms with Gasteiger partial charge in [0.15, 0.2) is 5.96 Å². The van der Waals surface area contributed by atoms with Crippen molar-refractivity contribution in [2.24, 2.45) is 4.99 Å². The van der Waals surface area contributed by atoms with Crippen LogP contribution in [0.1, 0.15) is 57.7 Å². The third-order valence-electron chi connectivity index (χ3n) is 5.04. The molecule has 30 heavy (non-hydrogen) atoms. The second-order valence-corrected chi connectivity index (χ2v) is 9.61. The first-order chi connectivity index (χ1) is 13.8. The summed E-state index contributed by atoms with van der Waals surface area (Å²) in [5, 5.41) is 13.2. The molecule has 0 radical (unpaired) electrons. The fourth-order valence-corrected chi connectivity index (χ4v) is 4.23. The number of piperidine rings is 1. The number of halogens is 1. The van der Waals surface area contributed by atoms with Gasteiger partial charge >= 0.3 is 0 Å². The molecule has 0 aliphatic carbocycles. The molecule has 1 aliphatic rings. The molecule has 7 nitrogen and oxygen atoms in total. The number of aromatic nitrogens is 1. The predicted molar refractivity (Wildman–Crippen MR) is 137 cm³/mol. The van der Waals surface area contributed by atoms with Gasteiger partial charge in [-0.3, -0.25) is 14.7 Å². The van der Waals surface area contributed by atoms with Crippen LogP contribution in [0.15, 0.2) is 10.4 Å². The van der Waals surface area contributed by atoms with E-state index in [2.05, 4.69) is 58.9 Å². The van der Waals surface area contributed by atoms with E-state index in [-0.39, 0.29) is 35.3 Å². The van der Waals surface area contributed by atoms with Gasteiger partial charge in [-0.1, -0.05) is 27.7 Å². The predicted octanol–water partition coefficient (Wildman–Crippen LogP) is 2.76. The Morgan fingerprint density at radius 2 is 1.97 bits per heavy atom. The summed E-state index contributed by atoms with van der Waals surface area (Å²) in [5.74, 6) is 0.976. The fraction of sp³-hybridized carbons (Fsp3) is 0.762. The topological polar surface area (TPSA) is 81.7 Å². The summed E-state index contributed by atoms with van der Waals surface area (Å²) in [6.45, 7) is 12.6. The molecule has 9 heteroatoms. The van der Waals surface area contributed by atoms with E-state index in [1.165, 1.54) is 0 Å². The number of amides is 1. The lowest BCUT2D eigenvalue weighted by Crippen LogP contribution is -2.50. The summed E-state index contributed by atoms with van der Waals surface area (Å²) < 4.78 is 0. The largest absolute Gasteiger partial charge is 0.356 e. The van der Waals surface area contributed by atoms with Crippen molar-refractivity contribution >= 4 is 47.2 Å². The van der Waals surface area contributed by atoms with Gasteiger partial charge in [-0.05, 0) is 19.3 Å². The van der Waals surface area contributed by atoms with Gasteiger partial charge in [0.25, 0.3) is 0 Å². The molecule has 1 amide bonds. The van der Waals surface area contributed by atoms with Crippen molar-refractivity contribution in [3.8, 4) is 0 Å². The van der Waals surface area contributed by atoms with Crippen LogP contribution in [-0.4, -0.2) is 67.6 Å². The van der Waals surface area contributed by atoms with Gasteiger partial charge in [0.1, 0.15) is 0 Å². The zero-order chi connectivity index (χ0) is 21.3. The number of aliphatic imine (C=N–C) groups is 1. The van der Waals surface area contributed by atoms with Gasteiger partial charge in [-0.2, -0.15) is 0 Å². The normalized spacial score (nSPS) is 16.1. The van der Waals surface area contributed by atoms with Gasteiger partial charge in [-0.15, -0.1) is 35.3 Å². The first-order valence-electron chi connectivity index (χ1n) is 10.7. The van der Waals surface area contributed by atoms with Gasteiger partial charge < -0.3 is 16.0 Å². The molecule has 1 saturated heterocycles. The van der Waals surface area contributed by atoms with Crippen LogP contribution in [0.4, 0.5) is 0 Å². The van der Waals surface area contributed by atoms with Crippen LogP contribution in [0.2, 0.25) is 0 Å². The summed E-state index contributed by atoms with van der Waals surface area (Å²) in [7, 11) is 1.81. The number of guanidine groups is 1. The van der Waals surface area contributed by atoms with Gasteiger partial charge in [-0.25, -0.2) is 4.98 Å². The lowest BCUT2D eigenvalue weighted by atomic mass is 9.93. The summed E-state index contributed by atoms with van der Waals surface area (Å²) >= 11 is 1.73. The molecule has 1 aromatic heterocycles. The third kappa shape index (κ3) is 9.47. The Labute approximate surface area is 202 Å². The molecule has 0 bridgehead atoms. The number of nitrogens with zero attached hydrogens (tertiary/aromatic N) is 3. The van der Waals surface area contributed by atoms with E-state index >= 15 is 0 Å². The number of hydrogen-bond donors (Lipinski definition) is 3. The monoisotopic (exact) mass is 550 g/mol. The molecule has 2 rings (SSSR count). The molecular formula is C21H39IN6OS. The highest BCUT2D eigenvalue weighted by Gasteiger charge is 2.21. The zero-order valence-corrected chi connectivity index (χ0v) is 22.2. The Kier molecular flexibility index (Phi) is 12.2. The lowest BCUT2D eigenvalue weighted by Gasteiger charge is -2.32. The molecule has 1 aliphatic heterocycles. The average Bonchev–Trinajstić information content (AvgIpc) is 3.16. The molecule has 1 fully saturated rings. The van der Waals surface area contributed by atoms with Crippen LogP contribution in [0.5, 0.6) is 0 Å². The molecule has 2 heterocycles. The Bertz CT molecular complexity index is 665. The summed E-state index contributed by atoms with van der Waals surface area (Å²) in [4.78, 5) is 23.2. The molecule has 172 valence electrons. The number of likely N-dealkylation sites (tertiary alicyclic amines) is 1. The highest BCUT2D eigenvalue weighted by molar-refractivity contribution is 14.0. The number of nitrogens with one attached hydrogen (secondary N) is 3. The van der Waals surface area contributed by atoms with E-state index in [1.807, 2.05) is 7.05 Å². The molecule has 0 saturated carbocycles. The molecule has 3 N–H and O–H groups in total. The van der Waals surface area contributed by atoms with Crippen LogP contribution in [0, 0.1) is 0 Å². The molecule has 0 atom stereocenters. The van der Waals surface area contributed by atoms with E-state index in [9.17, 15) is 4.79 Å².